The highest BCUT2D eigenvalue weighted by atomic mass is 32.2. The summed E-state index contributed by atoms with van der Waals surface area (Å²) in [6.07, 6.45) is 3.27. The topological polar surface area (TPSA) is 66.5 Å². The van der Waals surface area contributed by atoms with Crippen LogP contribution in [-0.2, 0) is 14.6 Å². The maximum Gasteiger partial charge on any atom is 0.224 e. The highest BCUT2D eigenvalue weighted by Gasteiger charge is 2.25. The summed E-state index contributed by atoms with van der Waals surface area (Å²) in [5.41, 5.74) is 0. The third kappa shape index (κ3) is 3.67. The van der Waals surface area contributed by atoms with Gasteiger partial charge in [-0.05, 0) is 25.8 Å². The predicted octanol–water partition coefficient (Wildman–Crippen LogP) is -0.224. The zero-order valence-corrected chi connectivity index (χ0v) is 10.8. The first-order valence-corrected chi connectivity index (χ1v) is 8.10. The fraction of sp³-hybridized carbons (Fsp3) is 0.909. The average Bonchev–Trinajstić information content (AvgIpc) is 2.68. The Kier molecular flexibility index (Phi) is 4.04. The summed E-state index contributed by atoms with van der Waals surface area (Å²) in [7, 11) is -2.92. The second-order valence-electron chi connectivity index (χ2n) is 4.88. The van der Waals surface area contributed by atoms with Gasteiger partial charge in [-0.25, -0.2) is 8.42 Å². The molecule has 1 unspecified atom stereocenters. The lowest BCUT2D eigenvalue weighted by molar-refractivity contribution is -0.131. The number of carbonyl (C=O) groups is 1. The molecule has 0 aliphatic carbocycles. The summed E-state index contributed by atoms with van der Waals surface area (Å²) in [6, 6.07) is 0.294. The van der Waals surface area contributed by atoms with Gasteiger partial charge in [0.2, 0.25) is 5.91 Å². The van der Waals surface area contributed by atoms with E-state index >= 15 is 0 Å². The van der Waals surface area contributed by atoms with Crippen molar-refractivity contribution in [1.82, 2.24) is 10.2 Å². The number of rotatable bonds is 2. The highest BCUT2D eigenvalue weighted by Crippen LogP contribution is 2.12. The van der Waals surface area contributed by atoms with Gasteiger partial charge in [0.15, 0.2) is 9.84 Å². The molecule has 2 heterocycles. The standard InChI is InChI=1S/C11H20N2O3S/c14-11(9-10-3-1-4-12-10)13-5-2-7-17(15,16)8-6-13/h10,12H,1-9H2. The van der Waals surface area contributed by atoms with E-state index in [1.54, 1.807) is 4.90 Å². The minimum atomic E-state index is -2.92. The van der Waals surface area contributed by atoms with Gasteiger partial charge in [0.25, 0.3) is 0 Å². The van der Waals surface area contributed by atoms with E-state index in [1.165, 1.54) is 0 Å². The molecule has 0 radical (unpaired) electrons. The van der Waals surface area contributed by atoms with Crippen LogP contribution in [0.1, 0.15) is 25.7 Å². The monoisotopic (exact) mass is 260 g/mol. The van der Waals surface area contributed by atoms with E-state index in [4.69, 9.17) is 0 Å². The van der Waals surface area contributed by atoms with E-state index in [-0.39, 0.29) is 17.4 Å². The van der Waals surface area contributed by atoms with Gasteiger partial charge in [-0.1, -0.05) is 0 Å². The Hall–Kier alpha value is -0.620. The van der Waals surface area contributed by atoms with Crippen molar-refractivity contribution in [2.75, 3.05) is 31.1 Å². The summed E-state index contributed by atoms with van der Waals surface area (Å²) < 4.78 is 22.9. The second-order valence-corrected chi connectivity index (χ2v) is 7.19. The zero-order valence-electron chi connectivity index (χ0n) is 10.0. The molecule has 0 spiro atoms. The van der Waals surface area contributed by atoms with Crippen LogP contribution in [0.25, 0.3) is 0 Å². The van der Waals surface area contributed by atoms with Crippen LogP contribution < -0.4 is 5.32 Å². The van der Waals surface area contributed by atoms with E-state index in [1.807, 2.05) is 0 Å². The molecular weight excluding hydrogens is 240 g/mol. The van der Waals surface area contributed by atoms with E-state index < -0.39 is 9.84 Å². The molecule has 0 aromatic heterocycles. The quantitative estimate of drug-likeness (QED) is 0.745. The summed E-state index contributed by atoms with van der Waals surface area (Å²) in [4.78, 5) is 13.7. The van der Waals surface area contributed by atoms with Gasteiger partial charge in [-0.3, -0.25) is 4.79 Å². The van der Waals surface area contributed by atoms with Crippen LogP contribution >= 0.6 is 0 Å². The molecule has 17 heavy (non-hydrogen) atoms. The number of sulfone groups is 1. The Morgan fingerprint density at radius 1 is 1.24 bits per heavy atom. The molecule has 6 heteroatoms. The van der Waals surface area contributed by atoms with Crippen molar-refractivity contribution in [3.63, 3.8) is 0 Å². The van der Waals surface area contributed by atoms with Gasteiger partial charge in [0.1, 0.15) is 0 Å². The highest BCUT2D eigenvalue weighted by molar-refractivity contribution is 7.91. The Labute approximate surface area is 102 Å². The smallest absolute Gasteiger partial charge is 0.224 e. The molecule has 0 bridgehead atoms. The van der Waals surface area contributed by atoms with E-state index in [2.05, 4.69) is 5.32 Å². The lowest BCUT2D eigenvalue weighted by Gasteiger charge is -2.21. The van der Waals surface area contributed by atoms with Crippen molar-refractivity contribution in [2.24, 2.45) is 0 Å². The molecule has 0 aromatic carbocycles. The summed E-state index contributed by atoms with van der Waals surface area (Å²) >= 11 is 0. The summed E-state index contributed by atoms with van der Waals surface area (Å²) in [5.74, 6) is 0.441. The van der Waals surface area contributed by atoms with Crippen LogP contribution in [-0.4, -0.2) is 56.4 Å². The lowest BCUT2D eigenvalue weighted by atomic mass is 10.1. The van der Waals surface area contributed by atoms with Crippen molar-refractivity contribution in [3.8, 4) is 0 Å². The van der Waals surface area contributed by atoms with Crippen molar-refractivity contribution in [2.45, 2.75) is 31.7 Å². The molecule has 1 N–H and O–H groups in total. The minimum absolute atomic E-state index is 0.0986. The predicted molar refractivity (Wildman–Crippen MR) is 65.5 cm³/mol. The molecule has 1 amide bonds. The normalized spacial score (nSPS) is 28.9. The molecule has 2 saturated heterocycles. The number of hydrogen-bond acceptors (Lipinski definition) is 4. The maximum absolute atomic E-state index is 12.0. The Morgan fingerprint density at radius 2 is 2.06 bits per heavy atom. The lowest BCUT2D eigenvalue weighted by Crippen LogP contribution is -2.37. The van der Waals surface area contributed by atoms with Gasteiger partial charge in [-0.2, -0.15) is 0 Å². The Morgan fingerprint density at radius 3 is 2.76 bits per heavy atom. The first-order valence-electron chi connectivity index (χ1n) is 6.28. The fourth-order valence-electron chi connectivity index (χ4n) is 2.46. The van der Waals surface area contributed by atoms with Crippen LogP contribution in [0, 0.1) is 0 Å². The third-order valence-corrected chi connectivity index (χ3v) is 5.21. The number of hydrogen-bond donors (Lipinski definition) is 1. The van der Waals surface area contributed by atoms with Crippen molar-refractivity contribution in [3.05, 3.63) is 0 Å². The van der Waals surface area contributed by atoms with Gasteiger partial charge in [-0.15, -0.1) is 0 Å². The first-order chi connectivity index (χ1) is 8.07. The van der Waals surface area contributed by atoms with Crippen LogP contribution in [0.4, 0.5) is 0 Å². The Balaban J connectivity index is 1.86. The summed E-state index contributed by atoms with van der Waals surface area (Å²) in [5, 5.41) is 3.29. The van der Waals surface area contributed by atoms with Gasteiger partial charge >= 0.3 is 0 Å². The number of nitrogens with zero attached hydrogens (tertiary/aromatic N) is 1. The minimum Gasteiger partial charge on any atom is -0.342 e. The Bertz CT molecular complexity index is 374. The number of nitrogens with one attached hydrogen (secondary N) is 1. The van der Waals surface area contributed by atoms with E-state index in [0.29, 0.717) is 32.0 Å². The number of carbonyl (C=O) groups excluding carboxylic acids is 1. The first kappa shape index (κ1) is 12.8. The SMILES string of the molecule is O=C(CC1CCCN1)N1CCCS(=O)(=O)CC1. The molecule has 2 aliphatic heterocycles. The van der Waals surface area contributed by atoms with Crippen LogP contribution in [0.2, 0.25) is 0 Å². The summed E-state index contributed by atoms with van der Waals surface area (Å²) in [6.45, 7) is 1.95. The molecule has 5 nitrogen and oxygen atoms in total. The molecule has 2 fully saturated rings. The van der Waals surface area contributed by atoms with E-state index in [0.717, 1.165) is 19.4 Å². The van der Waals surface area contributed by atoms with Gasteiger partial charge in [0.05, 0.1) is 11.5 Å². The second kappa shape index (κ2) is 5.35. The molecule has 1 atom stereocenters. The van der Waals surface area contributed by atoms with Crippen LogP contribution in [0.5, 0.6) is 0 Å². The van der Waals surface area contributed by atoms with Crippen molar-refractivity contribution < 1.29 is 13.2 Å². The molecular formula is C11H20N2O3S. The van der Waals surface area contributed by atoms with Gasteiger partial charge in [0, 0.05) is 25.6 Å². The third-order valence-electron chi connectivity index (χ3n) is 3.49. The number of amides is 1. The molecule has 0 aromatic rings. The maximum atomic E-state index is 12.0. The average molecular weight is 260 g/mol. The van der Waals surface area contributed by atoms with Crippen molar-refractivity contribution >= 4 is 15.7 Å². The fourth-order valence-corrected chi connectivity index (χ4v) is 3.73. The van der Waals surface area contributed by atoms with Gasteiger partial charge < -0.3 is 10.2 Å². The zero-order chi connectivity index (χ0) is 12.3. The molecule has 98 valence electrons. The van der Waals surface area contributed by atoms with Crippen molar-refractivity contribution in [1.29, 1.82) is 0 Å². The molecule has 2 rings (SSSR count). The van der Waals surface area contributed by atoms with Crippen LogP contribution in [0.3, 0.4) is 0 Å². The van der Waals surface area contributed by atoms with E-state index in [9.17, 15) is 13.2 Å². The molecule has 2 aliphatic rings. The largest absolute Gasteiger partial charge is 0.342 e. The molecule has 0 saturated carbocycles. The van der Waals surface area contributed by atoms with Crippen LogP contribution in [0.15, 0.2) is 0 Å².